The van der Waals surface area contributed by atoms with Crippen LogP contribution in [0.4, 0.5) is 0 Å². The van der Waals surface area contributed by atoms with Gasteiger partial charge in [-0.3, -0.25) is 0 Å². The first-order valence-electron chi connectivity index (χ1n) is 11.0. The monoisotopic (exact) mass is 450 g/mol. The average molecular weight is 451 g/mol. The summed E-state index contributed by atoms with van der Waals surface area (Å²) in [6.07, 6.45) is 0. The molecule has 158 valence electrons. The van der Waals surface area contributed by atoms with E-state index in [4.69, 9.17) is 8.85 Å². The molecule has 0 fully saturated rings. The summed E-state index contributed by atoms with van der Waals surface area (Å²) in [6, 6.07) is 42.8. The lowest BCUT2D eigenvalue weighted by Gasteiger charge is -2.36. The van der Waals surface area contributed by atoms with E-state index in [9.17, 15) is 0 Å². The predicted molar refractivity (Wildman–Crippen MR) is 137 cm³/mol. The molecule has 32 heavy (non-hydrogen) atoms. The van der Waals surface area contributed by atoms with Crippen molar-refractivity contribution in [2.75, 3.05) is 13.2 Å². The highest BCUT2D eigenvalue weighted by molar-refractivity contribution is 7.05. The van der Waals surface area contributed by atoms with E-state index >= 15 is 0 Å². The van der Waals surface area contributed by atoms with Crippen LogP contribution in [0.25, 0.3) is 0 Å². The second kappa shape index (κ2) is 9.22. The van der Waals surface area contributed by atoms with Gasteiger partial charge in [0.1, 0.15) is 0 Å². The Balaban J connectivity index is 1.75. The van der Waals surface area contributed by atoms with Crippen LogP contribution in [0.15, 0.2) is 133 Å². The Hall–Kier alpha value is -3.03. The van der Waals surface area contributed by atoms with E-state index in [1.807, 2.05) is 0 Å². The van der Waals surface area contributed by atoms with E-state index in [1.54, 1.807) is 0 Å². The first-order chi connectivity index (χ1) is 15.8. The fraction of sp³-hybridized carbons (Fsp3) is 0.0714. The molecule has 0 bridgehead atoms. The molecule has 0 amide bonds. The van der Waals surface area contributed by atoms with Crippen LogP contribution < -0.4 is 20.7 Å². The molecule has 0 spiro atoms. The number of benzene rings is 4. The van der Waals surface area contributed by atoms with Crippen LogP contribution in [0.2, 0.25) is 0 Å². The van der Waals surface area contributed by atoms with E-state index in [0.29, 0.717) is 13.2 Å². The van der Waals surface area contributed by atoms with Gasteiger partial charge in [-0.05, 0) is 20.7 Å². The fourth-order valence-corrected chi connectivity index (χ4v) is 12.3. The SMILES string of the molecule is C1=C[Si](c2ccccc2)(c2ccccc2)OCCO[Si]1(c1ccccc1)c1ccccc1. The summed E-state index contributed by atoms with van der Waals surface area (Å²) >= 11 is 0. The Morgan fingerprint density at radius 3 is 0.875 bits per heavy atom. The summed E-state index contributed by atoms with van der Waals surface area (Å²) in [5.74, 6) is 0. The molecule has 4 aromatic carbocycles. The van der Waals surface area contributed by atoms with Crippen LogP contribution in [0.5, 0.6) is 0 Å². The molecular weight excluding hydrogens is 424 g/mol. The molecular formula is C28H26O2Si2. The Morgan fingerprint density at radius 1 is 0.375 bits per heavy atom. The summed E-state index contributed by atoms with van der Waals surface area (Å²) in [5, 5.41) is 5.03. The number of hydrogen-bond donors (Lipinski definition) is 0. The maximum Gasteiger partial charge on any atom is 0.280 e. The van der Waals surface area contributed by atoms with Gasteiger partial charge in [0, 0.05) is 0 Å². The maximum atomic E-state index is 6.76. The minimum Gasteiger partial charge on any atom is -0.402 e. The molecule has 1 aliphatic rings. The molecule has 0 aromatic heterocycles. The molecule has 0 N–H and O–H groups in total. The molecule has 0 aliphatic carbocycles. The van der Waals surface area contributed by atoms with E-state index in [-0.39, 0.29) is 0 Å². The van der Waals surface area contributed by atoms with Crippen LogP contribution in [0, 0.1) is 0 Å². The number of rotatable bonds is 4. The van der Waals surface area contributed by atoms with E-state index in [1.165, 1.54) is 20.7 Å². The van der Waals surface area contributed by atoms with Gasteiger partial charge in [0.25, 0.3) is 16.6 Å². The smallest absolute Gasteiger partial charge is 0.280 e. The standard InChI is InChI=1S/C28H26O2Si2/c1-5-13-25(14-6-1)31(26-15-7-2-8-16-26)23-24-32(30-22-21-29-31,27-17-9-3-10-18-27)28-19-11-4-12-20-28/h1-20,23-24H,21-22H2. The first-order valence-corrected chi connectivity index (χ1v) is 15.0. The second-order valence-corrected chi connectivity index (χ2v) is 14.5. The number of hydrogen-bond acceptors (Lipinski definition) is 2. The molecule has 5 rings (SSSR count). The zero-order valence-electron chi connectivity index (χ0n) is 17.9. The molecule has 0 unspecified atom stereocenters. The summed E-state index contributed by atoms with van der Waals surface area (Å²) < 4.78 is 13.5. The van der Waals surface area contributed by atoms with Crippen molar-refractivity contribution < 1.29 is 8.85 Å². The second-order valence-electron chi connectivity index (χ2n) is 7.97. The predicted octanol–water partition coefficient (Wildman–Crippen LogP) is 3.19. The highest BCUT2D eigenvalue weighted by Gasteiger charge is 2.44. The van der Waals surface area contributed by atoms with Crippen LogP contribution >= 0.6 is 0 Å². The van der Waals surface area contributed by atoms with Crippen molar-refractivity contribution in [2.45, 2.75) is 0 Å². The van der Waals surface area contributed by atoms with Gasteiger partial charge in [0.05, 0.1) is 13.2 Å². The van der Waals surface area contributed by atoms with E-state index in [0.717, 1.165) is 0 Å². The highest BCUT2D eigenvalue weighted by atomic mass is 28.4. The van der Waals surface area contributed by atoms with Crippen molar-refractivity contribution in [3.05, 3.63) is 133 Å². The van der Waals surface area contributed by atoms with E-state index in [2.05, 4.69) is 133 Å². The van der Waals surface area contributed by atoms with Gasteiger partial charge in [0.2, 0.25) is 0 Å². The Bertz CT molecular complexity index is 989. The van der Waals surface area contributed by atoms with Crippen molar-refractivity contribution >= 4 is 37.4 Å². The van der Waals surface area contributed by atoms with Crippen LogP contribution in [0.3, 0.4) is 0 Å². The quantitative estimate of drug-likeness (QED) is 0.445. The molecule has 0 saturated carbocycles. The molecule has 2 nitrogen and oxygen atoms in total. The normalized spacial score (nSPS) is 17.2. The first kappa shape index (κ1) is 20.9. The summed E-state index contributed by atoms with van der Waals surface area (Å²) in [6.45, 7) is 1.13. The van der Waals surface area contributed by atoms with Crippen molar-refractivity contribution in [1.29, 1.82) is 0 Å². The van der Waals surface area contributed by atoms with Crippen LogP contribution in [-0.4, -0.2) is 29.8 Å². The van der Waals surface area contributed by atoms with Gasteiger partial charge in [-0.2, -0.15) is 0 Å². The van der Waals surface area contributed by atoms with Gasteiger partial charge in [0.15, 0.2) is 0 Å². The highest BCUT2D eigenvalue weighted by Crippen LogP contribution is 2.18. The zero-order chi connectivity index (χ0) is 21.7. The molecule has 4 heteroatoms. The molecule has 4 aromatic rings. The Labute approximate surface area is 192 Å². The maximum absolute atomic E-state index is 6.76. The fourth-order valence-electron chi connectivity index (χ4n) is 4.53. The van der Waals surface area contributed by atoms with Gasteiger partial charge >= 0.3 is 0 Å². The molecule has 1 heterocycles. The lowest BCUT2D eigenvalue weighted by Crippen LogP contribution is -2.65. The van der Waals surface area contributed by atoms with Gasteiger partial charge in [-0.15, -0.1) is 0 Å². The molecule has 0 saturated heterocycles. The average Bonchev–Trinajstić information content (AvgIpc) is 2.87. The largest absolute Gasteiger partial charge is 0.402 e. The third-order valence-corrected chi connectivity index (χ3v) is 13.8. The van der Waals surface area contributed by atoms with Crippen molar-refractivity contribution in [3.63, 3.8) is 0 Å². The van der Waals surface area contributed by atoms with Crippen LogP contribution in [-0.2, 0) is 8.85 Å². The minimum atomic E-state index is -2.60. The summed E-state index contributed by atoms with van der Waals surface area (Å²) in [4.78, 5) is 0. The molecule has 0 radical (unpaired) electrons. The minimum absolute atomic E-state index is 0.564. The molecule has 0 atom stereocenters. The summed E-state index contributed by atoms with van der Waals surface area (Å²) in [7, 11) is -5.20. The van der Waals surface area contributed by atoms with Gasteiger partial charge in [-0.1, -0.05) is 133 Å². The van der Waals surface area contributed by atoms with Crippen molar-refractivity contribution in [1.82, 2.24) is 0 Å². The van der Waals surface area contributed by atoms with Crippen molar-refractivity contribution in [2.24, 2.45) is 0 Å². The Morgan fingerprint density at radius 2 is 0.625 bits per heavy atom. The third kappa shape index (κ3) is 3.83. The summed E-state index contributed by atoms with van der Waals surface area (Å²) in [5.41, 5.74) is 4.76. The van der Waals surface area contributed by atoms with E-state index < -0.39 is 16.6 Å². The van der Waals surface area contributed by atoms with Gasteiger partial charge in [-0.25, -0.2) is 0 Å². The topological polar surface area (TPSA) is 18.5 Å². The zero-order valence-corrected chi connectivity index (χ0v) is 19.9. The van der Waals surface area contributed by atoms with Gasteiger partial charge < -0.3 is 8.85 Å². The lowest BCUT2D eigenvalue weighted by atomic mass is 10.4. The lowest BCUT2D eigenvalue weighted by molar-refractivity contribution is 0.216. The Kier molecular flexibility index (Phi) is 6.01. The molecule has 1 aliphatic heterocycles. The third-order valence-electron chi connectivity index (χ3n) is 6.11. The van der Waals surface area contributed by atoms with Crippen molar-refractivity contribution in [3.8, 4) is 0 Å². The van der Waals surface area contributed by atoms with Crippen LogP contribution in [0.1, 0.15) is 0 Å².